The van der Waals surface area contributed by atoms with Crippen molar-refractivity contribution >= 4 is 29.5 Å². The molecule has 2 atom stereocenters. The molecule has 2 aliphatic rings. The van der Waals surface area contributed by atoms with Crippen LogP contribution in [-0.2, 0) is 46.2 Å². The van der Waals surface area contributed by atoms with Gasteiger partial charge in [0.1, 0.15) is 23.2 Å². The Bertz CT molecular complexity index is 1340. The maximum atomic E-state index is 13.2. The molecule has 2 aromatic carbocycles. The SMILES string of the molecule is COC(=O)C1(Cc2ccc3c(c2)CC(OC(C)=O)C(C)(C)O3)OC(=O)C(O)=C1c1ccc(OC(C)=O)cc1. The van der Waals surface area contributed by atoms with Crippen LogP contribution in [-0.4, -0.2) is 53.4 Å². The van der Waals surface area contributed by atoms with Crippen molar-refractivity contribution in [2.45, 2.75) is 57.8 Å². The Balaban J connectivity index is 1.73. The summed E-state index contributed by atoms with van der Waals surface area (Å²) in [5.74, 6) is -2.80. The fraction of sp³-hybridized carbons (Fsp3) is 0.357. The van der Waals surface area contributed by atoms with E-state index in [1.165, 1.54) is 38.1 Å². The lowest BCUT2D eigenvalue weighted by Gasteiger charge is -2.39. The van der Waals surface area contributed by atoms with E-state index in [1.807, 2.05) is 13.8 Å². The van der Waals surface area contributed by atoms with Gasteiger partial charge in [-0.3, -0.25) is 9.59 Å². The zero-order valence-corrected chi connectivity index (χ0v) is 21.7. The maximum absolute atomic E-state index is 13.2. The van der Waals surface area contributed by atoms with Crippen LogP contribution < -0.4 is 9.47 Å². The molecule has 0 bridgehead atoms. The highest BCUT2D eigenvalue weighted by molar-refractivity contribution is 6.11. The first-order chi connectivity index (χ1) is 17.9. The number of carbonyl (C=O) groups excluding carboxylic acids is 4. The number of fused-ring (bicyclic) bond motifs is 1. The average molecular weight is 525 g/mol. The summed E-state index contributed by atoms with van der Waals surface area (Å²) < 4.78 is 27.1. The molecule has 0 amide bonds. The Hall–Kier alpha value is -4.34. The van der Waals surface area contributed by atoms with Gasteiger partial charge in [0.25, 0.3) is 0 Å². The van der Waals surface area contributed by atoms with E-state index in [9.17, 15) is 24.3 Å². The van der Waals surface area contributed by atoms with Crippen LogP contribution in [0.2, 0.25) is 0 Å². The van der Waals surface area contributed by atoms with E-state index in [1.54, 1.807) is 18.2 Å². The number of esters is 4. The highest BCUT2D eigenvalue weighted by atomic mass is 16.6. The number of aliphatic hydroxyl groups excluding tert-OH is 1. The molecule has 2 aliphatic heterocycles. The number of aliphatic hydroxyl groups is 1. The molecule has 2 unspecified atom stereocenters. The van der Waals surface area contributed by atoms with Gasteiger partial charge in [0.15, 0.2) is 0 Å². The van der Waals surface area contributed by atoms with Crippen molar-refractivity contribution in [1.29, 1.82) is 0 Å². The van der Waals surface area contributed by atoms with Crippen molar-refractivity contribution < 1.29 is 48.0 Å². The number of benzene rings is 2. The monoisotopic (exact) mass is 524 g/mol. The fourth-order valence-corrected chi connectivity index (χ4v) is 4.75. The van der Waals surface area contributed by atoms with Gasteiger partial charge in [-0.2, -0.15) is 0 Å². The van der Waals surface area contributed by atoms with Crippen LogP contribution in [0.1, 0.15) is 44.4 Å². The minimum Gasteiger partial charge on any atom is -0.502 e. The zero-order chi connectivity index (χ0) is 27.8. The minimum absolute atomic E-state index is 0.0726. The number of methoxy groups -OCH3 is 1. The van der Waals surface area contributed by atoms with Crippen LogP contribution in [0.3, 0.4) is 0 Å². The van der Waals surface area contributed by atoms with E-state index >= 15 is 0 Å². The molecule has 38 heavy (non-hydrogen) atoms. The van der Waals surface area contributed by atoms with E-state index in [0.717, 1.165) is 12.7 Å². The summed E-state index contributed by atoms with van der Waals surface area (Å²) in [6.45, 7) is 6.24. The topological polar surface area (TPSA) is 135 Å². The normalized spacial score (nSPS) is 21.6. The largest absolute Gasteiger partial charge is 0.502 e. The van der Waals surface area contributed by atoms with Gasteiger partial charge in [0.05, 0.1) is 12.7 Å². The predicted molar refractivity (Wildman–Crippen MR) is 132 cm³/mol. The second kappa shape index (κ2) is 9.85. The van der Waals surface area contributed by atoms with Crippen LogP contribution in [0, 0.1) is 0 Å². The molecule has 0 fully saturated rings. The number of hydrogen-bond acceptors (Lipinski definition) is 10. The second-order valence-electron chi connectivity index (χ2n) is 9.68. The van der Waals surface area contributed by atoms with E-state index < -0.39 is 46.9 Å². The van der Waals surface area contributed by atoms with E-state index in [2.05, 4.69) is 0 Å². The van der Waals surface area contributed by atoms with Crippen molar-refractivity contribution in [3.8, 4) is 11.5 Å². The molecule has 0 radical (unpaired) electrons. The van der Waals surface area contributed by atoms with Crippen molar-refractivity contribution in [3.05, 3.63) is 64.9 Å². The Kier molecular flexibility index (Phi) is 6.92. The van der Waals surface area contributed by atoms with Gasteiger partial charge in [-0.25, -0.2) is 9.59 Å². The summed E-state index contributed by atoms with van der Waals surface area (Å²) in [5, 5.41) is 10.7. The third-order valence-electron chi connectivity index (χ3n) is 6.46. The smallest absolute Gasteiger partial charge is 0.375 e. The summed E-state index contributed by atoms with van der Waals surface area (Å²) in [6.07, 6.45) is -0.338. The van der Waals surface area contributed by atoms with Crippen LogP contribution in [0.5, 0.6) is 11.5 Å². The Morgan fingerprint density at radius 1 is 1.03 bits per heavy atom. The van der Waals surface area contributed by atoms with Crippen molar-refractivity contribution in [2.75, 3.05) is 7.11 Å². The van der Waals surface area contributed by atoms with Gasteiger partial charge in [-0.15, -0.1) is 0 Å². The van der Waals surface area contributed by atoms with Gasteiger partial charge in [-0.1, -0.05) is 24.3 Å². The summed E-state index contributed by atoms with van der Waals surface area (Å²) in [4.78, 5) is 48.6. The van der Waals surface area contributed by atoms with Gasteiger partial charge < -0.3 is 28.8 Å². The first kappa shape index (κ1) is 26.7. The molecule has 0 spiro atoms. The third kappa shape index (κ3) is 4.93. The van der Waals surface area contributed by atoms with Crippen molar-refractivity contribution in [1.82, 2.24) is 0 Å². The lowest BCUT2D eigenvalue weighted by molar-refractivity contribution is -0.169. The molecule has 0 aliphatic carbocycles. The van der Waals surface area contributed by atoms with Gasteiger partial charge in [0.2, 0.25) is 11.4 Å². The zero-order valence-electron chi connectivity index (χ0n) is 21.7. The molecule has 1 N–H and O–H groups in total. The number of rotatable bonds is 6. The predicted octanol–water partition coefficient (Wildman–Crippen LogP) is 3.24. The van der Waals surface area contributed by atoms with E-state index in [4.69, 9.17) is 23.7 Å². The molecule has 2 aromatic rings. The van der Waals surface area contributed by atoms with Gasteiger partial charge in [0, 0.05) is 26.7 Å². The van der Waals surface area contributed by atoms with E-state index in [-0.39, 0.29) is 17.7 Å². The third-order valence-corrected chi connectivity index (χ3v) is 6.46. The molecule has 10 nitrogen and oxygen atoms in total. The first-order valence-electron chi connectivity index (χ1n) is 11.9. The summed E-state index contributed by atoms with van der Waals surface area (Å²) in [5.41, 5.74) is -1.20. The highest BCUT2D eigenvalue weighted by Gasteiger charge is 2.55. The molecule has 4 rings (SSSR count). The van der Waals surface area contributed by atoms with Crippen LogP contribution in [0.25, 0.3) is 5.57 Å². The standard InChI is InChI=1S/C28H28O10/c1-15(29)35-20-9-7-18(8-10-20)23-24(31)25(32)38-28(23,26(33)34-5)14-17-6-11-21-19(12-17)13-22(36-16(2)30)27(3,4)37-21/h6-12,22,31H,13-14H2,1-5H3. The molecular weight excluding hydrogens is 496 g/mol. The second-order valence-corrected chi connectivity index (χ2v) is 9.68. The van der Waals surface area contributed by atoms with Crippen molar-refractivity contribution in [2.24, 2.45) is 0 Å². The molecule has 2 heterocycles. The maximum Gasteiger partial charge on any atom is 0.375 e. The Labute approximate surface area is 219 Å². The minimum atomic E-state index is -1.99. The average Bonchev–Trinajstić information content (AvgIpc) is 3.09. The summed E-state index contributed by atoms with van der Waals surface area (Å²) in [7, 11) is 1.15. The highest BCUT2D eigenvalue weighted by Crippen LogP contribution is 2.44. The molecular formula is C28H28O10. The van der Waals surface area contributed by atoms with Gasteiger partial charge in [-0.05, 0) is 48.7 Å². The van der Waals surface area contributed by atoms with Gasteiger partial charge >= 0.3 is 23.9 Å². The lowest BCUT2D eigenvalue weighted by Crippen LogP contribution is -2.48. The number of hydrogen-bond donors (Lipinski definition) is 1. The number of carbonyl (C=O) groups is 4. The molecule has 0 saturated carbocycles. The molecule has 200 valence electrons. The van der Waals surface area contributed by atoms with Crippen LogP contribution in [0.4, 0.5) is 0 Å². The van der Waals surface area contributed by atoms with Crippen LogP contribution in [0.15, 0.2) is 48.2 Å². The van der Waals surface area contributed by atoms with Crippen molar-refractivity contribution in [3.63, 3.8) is 0 Å². The molecule has 0 saturated heterocycles. The molecule has 10 heteroatoms. The quantitative estimate of drug-likeness (QED) is 0.341. The Morgan fingerprint density at radius 3 is 2.32 bits per heavy atom. The summed E-state index contributed by atoms with van der Waals surface area (Å²) in [6, 6.07) is 11.2. The van der Waals surface area contributed by atoms with Crippen LogP contribution >= 0.6 is 0 Å². The number of ether oxygens (including phenoxy) is 5. The first-order valence-corrected chi connectivity index (χ1v) is 11.9. The molecule has 0 aromatic heterocycles. The Morgan fingerprint density at radius 2 is 1.71 bits per heavy atom. The van der Waals surface area contributed by atoms with E-state index in [0.29, 0.717) is 23.3 Å². The lowest BCUT2D eigenvalue weighted by atomic mass is 9.82. The number of cyclic esters (lactones) is 1. The summed E-state index contributed by atoms with van der Waals surface area (Å²) >= 11 is 0. The fourth-order valence-electron chi connectivity index (χ4n) is 4.75.